The van der Waals surface area contributed by atoms with Crippen molar-refractivity contribution in [1.29, 1.82) is 0 Å². The van der Waals surface area contributed by atoms with Crippen molar-refractivity contribution in [3.05, 3.63) is 30.1 Å². The summed E-state index contributed by atoms with van der Waals surface area (Å²) in [5.74, 6) is 0. The van der Waals surface area contributed by atoms with Gasteiger partial charge in [-0.2, -0.15) is 14.7 Å². The van der Waals surface area contributed by atoms with Crippen LogP contribution in [0.1, 0.15) is 5.56 Å². The fourth-order valence-electron chi connectivity index (χ4n) is 1.02. The van der Waals surface area contributed by atoms with E-state index in [9.17, 15) is 4.57 Å². The molecule has 0 fully saturated rings. The van der Waals surface area contributed by atoms with Gasteiger partial charge < -0.3 is 9.79 Å². The van der Waals surface area contributed by atoms with Crippen LogP contribution in [-0.2, 0) is 11.1 Å². The van der Waals surface area contributed by atoms with Crippen LogP contribution in [-0.4, -0.2) is 34.6 Å². The Balaban J connectivity index is 2.98. The number of aliphatic imine (C=N–C) groups is 1. The molecule has 0 aliphatic rings. The Kier molecular flexibility index (Phi) is 4.46. The molecule has 0 amide bonds. The molecule has 0 aromatic carbocycles. The minimum atomic E-state index is -5.01. The Labute approximate surface area is 97.1 Å². The lowest BCUT2D eigenvalue weighted by molar-refractivity contribution is 0.348. The zero-order valence-electron chi connectivity index (χ0n) is 8.45. The van der Waals surface area contributed by atoms with E-state index in [1.807, 2.05) is 0 Å². The van der Waals surface area contributed by atoms with Crippen LogP contribution in [0.4, 0.5) is 0 Å². The second kappa shape index (κ2) is 5.29. The van der Waals surface area contributed by atoms with Crippen molar-refractivity contribution in [1.82, 2.24) is 4.98 Å². The van der Waals surface area contributed by atoms with Gasteiger partial charge in [0.25, 0.3) is 0 Å². The minimum absolute atomic E-state index is 0.224. The molecule has 0 spiro atoms. The van der Waals surface area contributed by atoms with E-state index in [2.05, 4.69) is 9.98 Å². The highest BCUT2D eigenvalue weighted by molar-refractivity contribution is 8.00. The van der Waals surface area contributed by atoms with Gasteiger partial charge in [0, 0.05) is 12.4 Å². The van der Waals surface area contributed by atoms with Gasteiger partial charge in [-0.25, -0.2) is 9.56 Å². The van der Waals surface area contributed by atoms with Crippen LogP contribution < -0.4 is 0 Å². The molecule has 0 unspecified atom stereocenters. The van der Waals surface area contributed by atoms with E-state index in [0.29, 0.717) is 5.56 Å². The minimum Gasteiger partial charge on any atom is -0.317 e. The molecular weight excluding hydrogens is 270 g/mol. The van der Waals surface area contributed by atoms with Crippen molar-refractivity contribution in [2.24, 2.45) is 4.99 Å². The standard InChI is InChI=1S/C7H10N2O6P2/c10-16(11,12)7(17(13,14)15)9-5-6-2-1-3-8-4-6/h1-4,10-12H,5H2,(H-,13,14,15)/p+1. The molecule has 8 nitrogen and oxygen atoms in total. The lowest BCUT2D eigenvalue weighted by atomic mass is 10.3. The monoisotopic (exact) mass is 281 g/mol. The topological polar surface area (TPSA) is 143 Å². The van der Waals surface area contributed by atoms with Gasteiger partial charge in [-0.05, 0) is 11.6 Å². The molecule has 94 valence electrons. The highest BCUT2D eigenvalue weighted by Gasteiger charge is 2.51. The van der Waals surface area contributed by atoms with E-state index in [1.54, 1.807) is 12.1 Å². The maximum absolute atomic E-state index is 10.9. The molecule has 1 aromatic rings. The van der Waals surface area contributed by atoms with Crippen LogP contribution in [0.15, 0.2) is 29.5 Å². The van der Waals surface area contributed by atoms with E-state index in [4.69, 9.17) is 24.5 Å². The predicted octanol–water partition coefficient (Wildman–Crippen LogP) is -0.145. The van der Waals surface area contributed by atoms with E-state index in [-0.39, 0.29) is 6.54 Å². The summed E-state index contributed by atoms with van der Waals surface area (Å²) < 4.78 is 10.9. The number of pyridine rings is 1. The number of nitrogens with zero attached hydrogens (tertiary/aromatic N) is 2. The first-order chi connectivity index (χ1) is 7.71. The van der Waals surface area contributed by atoms with E-state index in [0.717, 1.165) is 0 Å². The average molecular weight is 281 g/mol. The summed E-state index contributed by atoms with van der Waals surface area (Å²) in [6, 6.07) is 3.17. The zero-order chi connectivity index (χ0) is 13.1. The zero-order valence-corrected chi connectivity index (χ0v) is 10.2. The first kappa shape index (κ1) is 14.3. The Bertz CT molecular complexity index is 451. The third kappa shape index (κ3) is 4.57. The van der Waals surface area contributed by atoms with Crippen molar-refractivity contribution in [2.75, 3.05) is 0 Å². The SMILES string of the molecule is O=P(O)(O)C(=NCc1cccnc1)[P+](O)(O)O. The molecule has 0 aliphatic carbocycles. The van der Waals surface area contributed by atoms with Crippen LogP contribution >= 0.6 is 15.5 Å². The highest BCUT2D eigenvalue weighted by atomic mass is 31.3. The van der Waals surface area contributed by atoms with Crippen molar-refractivity contribution in [3.8, 4) is 0 Å². The van der Waals surface area contributed by atoms with Crippen LogP contribution in [0.3, 0.4) is 0 Å². The number of aromatic nitrogens is 1. The first-order valence-corrected chi connectivity index (χ1v) is 7.54. The smallest absolute Gasteiger partial charge is 0.317 e. The molecule has 0 saturated heterocycles. The normalized spacial score (nSPS) is 13.8. The molecule has 1 aromatic heterocycles. The highest BCUT2D eigenvalue weighted by Crippen LogP contribution is 2.60. The molecular formula is C7H11N2O6P2+. The second-order valence-corrected chi connectivity index (χ2v) is 6.51. The van der Waals surface area contributed by atoms with E-state index < -0.39 is 20.7 Å². The van der Waals surface area contributed by atoms with Gasteiger partial charge in [-0.1, -0.05) is 6.07 Å². The maximum atomic E-state index is 10.9. The van der Waals surface area contributed by atoms with Crippen LogP contribution in [0.2, 0.25) is 0 Å². The van der Waals surface area contributed by atoms with E-state index >= 15 is 0 Å². The molecule has 0 bridgehead atoms. The Morgan fingerprint density at radius 1 is 1.41 bits per heavy atom. The van der Waals surface area contributed by atoms with Gasteiger partial charge in [0.1, 0.15) is 0 Å². The molecule has 0 aliphatic heterocycles. The van der Waals surface area contributed by atoms with Gasteiger partial charge in [0.15, 0.2) is 0 Å². The summed E-state index contributed by atoms with van der Waals surface area (Å²) in [6.07, 6.45) is 2.89. The average Bonchev–Trinajstić information content (AvgIpc) is 2.15. The van der Waals surface area contributed by atoms with Crippen LogP contribution in [0.5, 0.6) is 0 Å². The molecule has 5 N–H and O–H groups in total. The molecule has 17 heavy (non-hydrogen) atoms. The Hall–Kier alpha value is -0.720. The fourth-order valence-corrected chi connectivity index (χ4v) is 2.93. The summed E-state index contributed by atoms with van der Waals surface area (Å²) in [5, 5.41) is -1.30. The molecule has 1 rings (SSSR count). The van der Waals surface area contributed by atoms with Gasteiger partial charge in [-0.3, -0.25) is 4.98 Å². The number of hydrogen-bond acceptors (Lipinski definition) is 6. The molecule has 0 atom stereocenters. The van der Waals surface area contributed by atoms with Crippen LogP contribution in [0.25, 0.3) is 0 Å². The molecule has 10 heteroatoms. The van der Waals surface area contributed by atoms with Gasteiger partial charge >= 0.3 is 20.7 Å². The van der Waals surface area contributed by atoms with E-state index in [1.165, 1.54) is 12.4 Å². The maximum Gasteiger partial charge on any atom is 0.469 e. The number of rotatable bonds is 4. The summed E-state index contributed by atoms with van der Waals surface area (Å²) >= 11 is 0. The van der Waals surface area contributed by atoms with Gasteiger partial charge in [0.2, 0.25) is 0 Å². The summed E-state index contributed by atoms with van der Waals surface area (Å²) in [6.45, 7) is -0.224. The Morgan fingerprint density at radius 3 is 2.47 bits per heavy atom. The number of hydrogen-bond donors (Lipinski definition) is 5. The Morgan fingerprint density at radius 2 is 2.06 bits per heavy atom. The third-order valence-corrected chi connectivity index (χ3v) is 4.58. The summed E-state index contributed by atoms with van der Waals surface area (Å²) in [4.78, 5) is 51.3. The van der Waals surface area contributed by atoms with Crippen molar-refractivity contribution < 1.29 is 29.0 Å². The lowest BCUT2D eigenvalue weighted by Crippen LogP contribution is -2.06. The summed E-state index contributed by atoms with van der Waals surface area (Å²) in [5.41, 5.74) is 0.506. The van der Waals surface area contributed by atoms with Gasteiger partial charge in [-0.15, -0.1) is 0 Å². The molecule has 0 saturated carbocycles. The first-order valence-electron chi connectivity index (χ1n) is 4.28. The fraction of sp³-hybridized carbons (Fsp3) is 0.143. The second-order valence-electron chi connectivity index (χ2n) is 3.09. The third-order valence-electron chi connectivity index (χ3n) is 1.65. The van der Waals surface area contributed by atoms with Crippen molar-refractivity contribution in [3.63, 3.8) is 0 Å². The largest absolute Gasteiger partial charge is 0.469 e. The van der Waals surface area contributed by atoms with Crippen LogP contribution in [0, 0.1) is 0 Å². The quantitative estimate of drug-likeness (QED) is 0.381. The predicted molar refractivity (Wildman–Crippen MR) is 61.0 cm³/mol. The lowest BCUT2D eigenvalue weighted by Gasteiger charge is -2.07. The molecule has 1 heterocycles. The van der Waals surface area contributed by atoms with Crippen molar-refractivity contribution >= 4 is 20.7 Å². The van der Waals surface area contributed by atoms with Crippen molar-refractivity contribution in [2.45, 2.75) is 6.54 Å². The molecule has 0 radical (unpaired) electrons. The van der Waals surface area contributed by atoms with Gasteiger partial charge in [0.05, 0.1) is 6.54 Å². The summed E-state index contributed by atoms with van der Waals surface area (Å²) in [7, 11) is -9.82.